The van der Waals surface area contributed by atoms with Crippen molar-refractivity contribution in [3.8, 4) is 0 Å². The second kappa shape index (κ2) is 17.4. The van der Waals surface area contributed by atoms with Crippen LogP contribution in [-0.4, -0.2) is 56.9 Å². The fourth-order valence-electron chi connectivity index (χ4n) is 1.06. The number of ether oxygens (including phenoxy) is 3. The Hall–Kier alpha value is 1.36. The molecule has 0 spiro atoms. The van der Waals surface area contributed by atoms with Crippen molar-refractivity contribution in [1.82, 2.24) is 0 Å². The van der Waals surface area contributed by atoms with Gasteiger partial charge in [-0.05, 0) is 20.8 Å². The molecular formula is C12H27O3PS3. The molecular weight excluding hydrogens is 319 g/mol. The average Bonchev–Trinajstić information content (AvgIpc) is 2.43. The van der Waals surface area contributed by atoms with Crippen LogP contribution in [0.25, 0.3) is 0 Å². The maximum Gasteiger partial charge on any atom is 0.0731 e. The van der Waals surface area contributed by atoms with Gasteiger partial charge in [-0.2, -0.15) is 0 Å². The van der Waals surface area contributed by atoms with Crippen LogP contribution in [0, 0.1) is 0 Å². The van der Waals surface area contributed by atoms with E-state index in [2.05, 4.69) is 0 Å². The van der Waals surface area contributed by atoms with Crippen molar-refractivity contribution < 1.29 is 14.2 Å². The Bertz CT molecular complexity index is 150. The van der Waals surface area contributed by atoms with Gasteiger partial charge >= 0.3 is 0 Å². The Morgan fingerprint density at radius 1 is 0.632 bits per heavy atom. The minimum Gasteiger partial charge on any atom is -0.381 e. The van der Waals surface area contributed by atoms with Gasteiger partial charge in [-0.25, -0.2) is 0 Å². The fraction of sp³-hybridized carbons (Fsp3) is 1.00. The van der Waals surface area contributed by atoms with Gasteiger partial charge < -0.3 is 14.2 Å². The van der Waals surface area contributed by atoms with Crippen LogP contribution in [0.5, 0.6) is 0 Å². The first kappa shape index (κ1) is 20.4. The second-order valence-corrected chi connectivity index (χ2v) is 13.5. The van der Waals surface area contributed by atoms with Crippen LogP contribution in [0.3, 0.4) is 0 Å². The lowest BCUT2D eigenvalue weighted by Gasteiger charge is -2.15. The maximum atomic E-state index is 5.39. The molecule has 0 heterocycles. The predicted octanol–water partition coefficient (Wildman–Crippen LogP) is 4.52. The Kier molecular flexibility index (Phi) is 18.7. The predicted molar refractivity (Wildman–Crippen MR) is 93.8 cm³/mol. The van der Waals surface area contributed by atoms with Crippen molar-refractivity contribution in [2.75, 3.05) is 56.9 Å². The van der Waals surface area contributed by atoms with Gasteiger partial charge in [0.05, 0.1) is 25.3 Å². The van der Waals surface area contributed by atoms with E-state index in [0.29, 0.717) is 0 Å². The van der Waals surface area contributed by atoms with Gasteiger partial charge in [-0.15, -0.1) is 34.1 Å². The summed E-state index contributed by atoms with van der Waals surface area (Å²) in [4.78, 5) is 0. The largest absolute Gasteiger partial charge is 0.381 e. The number of rotatable bonds is 15. The molecule has 0 aliphatic carbocycles. The summed E-state index contributed by atoms with van der Waals surface area (Å²) >= 11 is 6.10. The SMILES string of the molecule is CCOCCSP(SCCOCC)SCCOCC. The van der Waals surface area contributed by atoms with Gasteiger partial charge in [-0.3, -0.25) is 0 Å². The smallest absolute Gasteiger partial charge is 0.0731 e. The van der Waals surface area contributed by atoms with E-state index in [1.54, 1.807) is 0 Å². The van der Waals surface area contributed by atoms with Gasteiger partial charge in [0.1, 0.15) is 0 Å². The monoisotopic (exact) mass is 346 g/mol. The average molecular weight is 347 g/mol. The summed E-state index contributed by atoms with van der Waals surface area (Å²) in [6.07, 6.45) is 0. The van der Waals surface area contributed by atoms with Gasteiger partial charge in [0.15, 0.2) is 0 Å². The molecule has 0 saturated heterocycles. The van der Waals surface area contributed by atoms with Crippen LogP contribution in [0.15, 0.2) is 0 Å². The molecule has 19 heavy (non-hydrogen) atoms. The number of hydrogen-bond donors (Lipinski definition) is 0. The van der Waals surface area contributed by atoms with E-state index in [4.69, 9.17) is 14.2 Å². The molecule has 0 aliphatic rings. The van der Waals surface area contributed by atoms with E-state index in [0.717, 1.165) is 56.9 Å². The third-order valence-corrected chi connectivity index (χ3v) is 12.8. The lowest BCUT2D eigenvalue weighted by molar-refractivity contribution is 0.164. The zero-order chi connectivity index (χ0) is 14.2. The van der Waals surface area contributed by atoms with Gasteiger partial charge in [-0.1, -0.05) is 0 Å². The Balaban J connectivity index is 3.66. The zero-order valence-corrected chi connectivity index (χ0v) is 15.6. The molecule has 0 aromatic heterocycles. The first-order valence-corrected chi connectivity index (χ1v) is 12.9. The topological polar surface area (TPSA) is 27.7 Å². The molecule has 3 nitrogen and oxygen atoms in total. The zero-order valence-electron chi connectivity index (χ0n) is 12.3. The minimum atomic E-state index is -0.101. The van der Waals surface area contributed by atoms with Crippen molar-refractivity contribution in [1.29, 1.82) is 0 Å². The lowest BCUT2D eigenvalue weighted by atomic mass is 10.8. The van der Waals surface area contributed by atoms with E-state index in [9.17, 15) is 0 Å². The molecule has 0 rings (SSSR count). The van der Waals surface area contributed by atoms with Crippen molar-refractivity contribution in [2.45, 2.75) is 20.8 Å². The summed E-state index contributed by atoms with van der Waals surface area (Å²) in [6.45, 7) is 11.1. The highest BCUT2D eigenvalue weighted by Crippen LogP contribution is 2.69. The van der Waals surface area contributed by atoms with Crippen molar-refractivity contribution >= 4 is 39.7 Å². The summed E-state index contributed by atoms with van der Waals surface area (Å²) in [6, 6.07) is 0. The fourth-order valence-corrected chi connectivity index (χ4v) is 11.0. The first-order valence-electron chi connectivity index (χ1n) is 6.77. The Morgan fingerprint density at radius 2 is 0.947 bits per heavy atom. The molecule has 0 saturated carbocycles. The number of hydrogen-bond acceptors (Lipinski definition) is 6. The third kappa shape index (κ3) is 15.6. The molecule has 0 amide bonds. The molecule has 0 fully saturated rings. The lowest BCUT2D eigenvalue weighted by Crippen LogP contribution is -1.97. The molecule has 0 N–H and O–H groups in total. The minimum absolute atomic E-state index is 0.101. The highest BCUT2D eigenvalue weighted by atomic mass is 33.4. The Morgan fingerprint density at radius 3 is 1.21 bits per heavy atom. The van der Waals surface area contributed by atoms with E-state index >= 15 is 0 Å². The summed E-state index contributed by atoms with van der Waals surface area (Å²) < 4.78 is 16.2. The molecule has 0 bridgehead atoms. The normalized spacial score (nSPS) is 11.4. The van der Waals surface area contributed by atoms with Crippen LogP contribution in [-0.2, 0) is 14.2 Å². The first-order chi connectivity index (χ1) is 9.35. The Labute approximate surface area is 131 Å². The van der Waals surface area contributed by atoms with Gasteiger partial charge in [0.2, 0.25) is 0 Å². The maximum absolute atomic E-state index is 5.39. The molecule has 116 valence electrons. The van der Waals surface area contributed by atoms with Crippen LogP contribution >= 0.6 is 39.7 Å². The molecule has 0 unspecified atom stereocenters. The molecule has 0 aromatic carbocycles. The molecule has 0 aromatic rings. The van der Waals surface area contributed by atoms with E-state index < -0.39 is 0 Å². The molecule has 0 radical (unpaired) electrons. The van der Waals surface area contributed by atoms with Crippen LogP contribution in [0.4, 0.5) is 0 Å². The quantitative estimate of drug-likeness (QED) is 0.320. The van der Waals surface area contributed by atoms with Crippen molar-refractivity contribution in [3.63, 3.8) is 0 Å². The van der Waals surface area contributed by atoms with E-state index in [-0.39, 0.29) is 5.53 Å². The highest BCUT2D eigenvalue weighted by Gasteiger charge is 2.10. The van der Waals surface area contributed by atoms with Gasteiger partial charge in [0.25, 0.3) is 0 Å². The van der Waals surface area contributed by atoms with Gasteiger partial charge in [0, 0.05) is 37.1 Å². The molecule has 7 heteroatoms. The third-order valence-electron chi connectivity index (χ3n) is 1.89. The van der Waals surface area contributed by atoms with E-state index in [1.165, 1.54) is 0 Å². The van der Waals surface area contributed by atoms with Crippen molar-refractivity contribution in [2.24, 2.45) is 0 Å². The van der Waals surface area contributed by atoms with Crippen LogP contribution in [0.1, 0.15) is 20.8 Å². The summed E-state index contributed by atoms with van der Waals surface area (Å²) in [5.74, 6) is 3.26. The summed E-state index contributed by atoms with van der Waals surface area (Å²) in [5, 5.41) is 0. The summed E-state index contributed by atoms with van der Waals surface area (Å²) in [7, 11) is 0. The second-order valence-electron chi connectivity index (χ2n) is 3.31. The molecule has 0 atom stereocenters. The highest BCUT2D eigenvalue weighted by molar-refractivity contribution is 9.12. The van der Waals surface area contributed by atoms with Crippen LogP contribution in [0.2, 0.25) is 0 Å². The standard InChI is InChI=1S/C12H27O3PS3/c1-4-13-7-10-17-16(18-11-8-14-5-2)19-12-9-15-6-3/h4-12H2,1-3H3. The van der Waals surface area contributed by atoms with E-state index in [1.807, 2.05) is 54.9 Å². The van der Waals surface area contributed by atoms with Crippen molar-refractivity contribution in [3.05, 3.63) is 0 Å². The van der Waals surface area contributed by atoms with Crippen LogP contribution < -0.4 is 0 Å². The summed E-state index contributed by atoms with van der Waals surface area (Å²) in [5.41, 5.74) is -0.101. The molecule has 0 aliphatic heterocycles.